The van der Waals surface area contributed by atoms with E-state index in [0.717, 1.165) is 23.3 Å². The molecule has 2 aromatic carbocycles. The predicted molar refractivity (Wildman–Crippen MR) is 87.8 cm³/mol. The summed E-state index contributed by atoms with van der Waals surface area (Å²) in [4.78, 5) is 11.7. The summed E-state index contributed by atoms with van der Waals surface area (Å²) < 4.78 is 17.9. The average molecular weight is 316 g/mol. The molecule has 23 heavy (non-hydrogen) atoms. The summed E-state index contributed by atoms with van der Waals surface area (Å²) in [6, 6.07) is 13.9. The van der Waals surface area contributed by atoms with Crippen LogP contribution in [0.2, 0.25) is 0 Å². The minimum Gasteiger partial charge on any atom is -0.497 e. The lowest BCUT2D eigenvalue weighted by molar-refractivity contribution is -0.120. The summed E-state index contributed by atoms with van der Waals surface area (Å²) in [5.41, 5.74) is 2.06. The predicted octanol–water partition coefficient (Wildman–Crippen LogP) is 2.28. The van der Waals surface area contributed by atoms with Gasteiger partial charge in [0.05, 0.1) is 13.7 Å². The van der Waals surface area contributed by atoms with Gasteiger partial charge in [0.1, 0.15) is 11.6 Å². The molecule has 0 saturated carbocycles. The van der Waals surface area contributed by atoms with Gasteiger partial charge in [0.2, 0.25) is 5.91 Å². The average Bonchev–Trinajstić information content (AvgIpc) is 2.59. The lowest BCUT2D eigenvalue weighted by Gasteiger charge is -2.08. The van der Waals surface area contributed by atoms with Crippen LogP contribution in [0, 0.1) is 5.82 Å². The lowest BCUT2D eigenvalue weighted by atomic mass is 10.1. The maximum Gasteiger partial charge on any atom is 0.234 e. The molecule has 0 bridgehead atoms. The van der Waals surface area contributed by atoms with Gasteiger partial charge < -0.3 is 15.4 Å². The molecular formula is C18H21FN2O2. The number of benzene rings is 2. The molecule has 122 valence electrons. The third-order valence-corrected chi connectivity index (χ3v) is 3.44. The molecule has 0 spiro atoms. The Morgan fingerprint density at radius 2 is 1.70 bits per heavy atom. The summed E-state index contributed by atoms with van der Waals surface area (Å²) in [5, 5.41) is 5.93. The van der Waals surface area contributed by atoms with E-state index in [0.29, 0.717) is 13.1 Å². The Kier molecular flexibility index (Phi) is 6.56. The van der Waals surface area contributed by atoms with Crippen LogP contribution in [0.15, 0.2) is 48.5 Å². The minimum atomic E-state index is -0.236. The van der Waals surface area contributed by atoms with Gasteiger partial charge in [-0.25, -0.2) is 4.39 Å². The van der Waals surface area contributed by atoms with Gasteiger partial charge in [0.15, 0.2) is 0 Å². The smallest absolute Gasteiger partial charge is 0.234 e. The van der Waals surface area contributed by atoms with Crippen molar-refractivity contribution in [1.82, 2.24) is 10.6 Å². The first-order chi connectivity index (χ1) is 11.2. The molecule has 0 radical (unpaired) electrons. The zero-order valence-corrected chi connectivity index (χ0v) is 13.1. The number of carbonyl (C=O) groups is 1. The van der Waals surface area contributed by atoms with Gasteiger partial charge in [-0.3, -0.25) is 4.79 Å². The van der Waals surface area contributed by atoms with Crippen LogP contribution < -0.4 is 15.4 Å². The van der Waals surface area contributed by atoms with Crippen LogP contribution in [-0.2, 0) is 17.8 Å². The number of methoxy groups -OCH3 is 1. The molecule has 5 heteroatoms. The van der Waals surface area contributed by atoms with Crippen molar-refractivity contribution in [2.75, 3.05) is 20.2 Å². The van der Waals surface area contributed by atoms with Crippen LogP contribution in [-0.4, -0.2) is 26.1 Å². The Bertz CT molecular complexity index is 612. The molecule has 0 aliphatic heterocycles. The van der Waals surface area contributed by atoms with Gasteiger partial charge in [0, 0.05) is 6.54 Å². The van der Waals surface area contributed by atoms with E-state index < -0.39 is 0 Å². The second-order valence-corrected chi connectivity index (χ2v) is 5.18. The zero-order chi connectivity index (χ0) is 16.5. The molecule has 4 nitrogen and oxygen atoms in total. The van der Waals surface area contributed by atoms with Crippen LogP contribution in [0.25, 0.3) is 0 Å². The molecule has 0 aliphatic rings. The van der Waals surface area contributed by atoms with Gasteiger partial charge >= 0.3 is 0 Å². The molecule has 0 aliphatic carbocycles. The number of rotatable bonds is 8. The largest absolute Gasteiger partial charge is 0.497 e. The Hall–Kier alpha value is -2.40. The first kappa shape index (κ1) is 17.0. The van der Waals surface area contributed by atoms with Crippen LogP contribution >= 0.6 is 0 Å². The van der Waals surface area contributed by atoms with E-state index in [1.165, 1.54) is 12.1 Å². The standard InChI is InChI=1S/C18H21FN2O2/c1-23-17-8-4-15(5-9-17)12-21-18(22)13-20-11-10-14-2-6-16(19)7-3-14/h2-9,20H,10-13H2,1H3,(H,21,22). The van der Waals surface area contributed by atoms with Gasteiger partial charge in [0.25, 0.3) is 0 Å². The number of halogens is 1. The van der Waals surface area contributed by atoms with Crippen LogP contribution in [0.3, 0.4) is 0 Å². The maximum absolute atomic E-state index is 12.8. The second-order valence-electron chi connectivity index (χ2n) is 5.18. The monoisotopic (exact) mass is 316 g/mol. The summed E-state index contributed by atoms with van der Waals surface area (Å²) >= 11 is 0. The third kappa shape index (κ3) is 6.08. The summed E-state index contributed by atoms with van der Waals surface area (Å²) in [6.45, 7) is 1.42. The highest BCUT2D eigenvalue weighted by Crippen LogP contribution is 2.10. The van der Waals surface area contributed by atoms with Crippen molar-refractivity contribution in [2.45, 2.75) is 13.0 Å². The van der Waals surface area contributed by atoms with E-state index in [-0.39, 0.29) is 18.3 Å². The topological polar surface area (TPSA) is 50.4 Å². The van der Waals surface area contributed by atoms with Gasteiger partial charge in [-0.15, -0.1) is 0 Å². The van der Waals surface area contributed by atoms with Crippen molar-refractivity contribution >= 4 is 5.91 Å². The Labute approximate surface area is 135 Å². The number of hydrogen-bond donors (Lipinski definition) is 2. The molecule has 0 atom stereocenters. The number of ether oxygens (including phenoxy) is 1. The van der Waals surface area contributed by atoms with Crippen LogP contribution in [0.1, 0.15) is 11.1 Å². The van der Waals surface area contributed by atoms with Crippen molar-refractivity contribution in [3.8, 4) is 5.75 Å². The summed E-state index contributed by atoms with van der Waals surface area (Å²) in [6.07, 6.45) is 0.756. The minimum absolute atomic E-state index is 0.0556. The summed E-state index contributed by atoms with van der Waals surface area (Å²) in [7, 11) is 1.62. The molecule has 0 saturated heterocycles. The fraction of sp³-hybridized carbons (Fsp3) is 0.278. The van der Waals surface area contributed by atoms with Crippen LogP contribution in [0.5, 0.6) is 5.75 Å². The molecule has 1 amide bonds. The number of nitrogens with one attached hydrogen (secondary N) is 2. The quantitative estimate of drug-likeness (QED) is 0.735. The van der Waals surface area contributed by atoms with Crippen molar-refractivity contribution in [1.29, 1.82) is 0 Å². The first-order valence-electron chi connectivity index (χ1n) is 7.52. The zero-order valence-electron chi connectivity index (χ0n) is 13.1. The fourth-order valence-corrected chi connectivity index (χ4v) is 2.09. The highest BCUT2D eigenvalue weighted by molar-refractivity contribution is 5.77. The van der Waals surface area contributed by atoms with E-state index in [9.17, 15) is 9.18 Å². The third-order valence-electron chi connectivity index (χ3n) is 3.44. The first-order valence-corrected chi connectivity index (χ1v) is 7.52. The molecule has 2 aromatic rings. The molecular weight excluding hydrogens is 295 g/mol. The molecule has 0 aromatic heterocycles. The lowest BCUT2D eigenvalue weighted by Crippen LogP contribution is -2.34. The molecule has 2 rings (SSSR count). The molecule has 0 fully saturated rings. The normalized spacial score (nSPS) is 10.3. The molecule has 0 unspecified atom stereocenters. The Morgan fingerprint density at radius 3 is 2.35 bits per heavy atom. The molecule has 0 heterocycles. The van der Waals surface area contributed by atoms with E-state index >= 15 is 0 Å². The van der Waals surface area contributed by atoms with E-state index in [1.54, 1.807) is 19.2 Å². The number of amides is 1. The highest BCUT2D eigenvalue weighted by atomic mass is 19.1. The highest BCUT2D eigenvalue weighted by Gasteiger charge is 2.01. The van der Waals surface area contributed by atoms with E-state index in [4.69, 9.17) is 4.74 Å². The number of hydrogen-bond acceptors (Lipinski definition) is 3. The number of carbonyl (C=O) groups excluding carboxylic acids is 1. The van der Waals surface area contributed by atoms with E-state index in [1.807, 2.05) is 24.3 Å². The maximum atomic E-state index is 12.8. The SMILES string of the molecule is COc1ccc(CNC(=O)CNCCc2ccc(F)cc2)cc1. The fourth-order valence-electron chi connectivity index (χ4n) is 2.09. The van der Waals surface area contributed by atoms with Gasteiger partial charge in [-0.1, -0.05) is 24.3 Å². The van der Waals surface area contributed by atoms with Gasteiger partial charge in [-0.05, 0) is 48.4 Å². The molecule has 2 N–H and O–H groups in total. The Morgan fingerprint density at radius 1 is 1.04 bits per heavy atom. The van der Waals surface area contributed by atoms with Crippen molar-refractivity contribution < 1.29 is 13.9 Å². The Balaban J connectivity index is 1.62. The van der Waals surface area contributed by atoms with Crippen molar-refractivity contribution in [3.63, 3.8) is 0 Å². The van der Waals surface area contributed by atoms with Crippen LogP contribution in [0.4, 0.5) is 4.39 Å². The second kappa shape index (κ2) is 8.90. The van der Waals surface area contributed by atoms with Gasteiger partial charge in [-0.2, -0.15) is 0 Å². The van der Waals surface area contributed by atoms with E-state index in [2.05, 4.69) is 10.6 Å². The summed E-state index contributed by atoms with van der Waals surface area (Å²) in [5.74, 6) is 0.502. The van der Waals surface area contributed by atoms with Crippen molar-refractivity contribution in [2.24, 2.45) is 0 Å². The van der Waals surface area contributed by atoms with Crippen molar-refractivity contribution in [3.05, 3.63) is 65.5 Å².